The van der Waals surface area contributed by atoms with Crippen molar-refractivity contribution in [1.82, 2.24) is 0 Å². The maximum Gasteiger partial charge on any atom is 0.170 e. The third-order valence-corrected chi connectivity index (χ3v) is 3.84. The highest BCUT2D eigenvalue weighted by molar-refractivity contribution is 5.98. The van der Waals surface area contributed by atoms with E-state index in [1.54, 1.807) is 0 Å². The molecule has 104 valence electrons. The Labute approximate surface area is 114 Å². The first-order valence-electron chi connectivity index (χ1n) is 6.88. The summed E-state index contributed by atoms with van der Waals surface area (Å²) >= 11 is 0. The molecular weight excluding hydrogens is 240 g/mol. The van der Waals surface area contributed by atoms with E-state index in [1.807, 2.05) is 24.3 Å². The van der Waals surface area contributed by atoms with Crippen molar-refractivity contribution in [3.05, 3.63) is 35.4 Å². The molecule has 1 aromatic rings. The minimum atomic E-state index is 0.136. The lowest BCUT2D eigenvalue weighted by Crippen LogP contribution is -2.21. The van der Waals surface area contributed by atoms with Crippen molar-refractivity contribution in [2.24, 2.45) is 16.8 Å². The van der Waals surface area contributed by atoms with Gasteiger partial charge >= 0.3 is 0 Å². The summed E-state index contributed by atoms with van der Waals surface area (Å²) in [6.07, 6.45) is 5.09. The summed E-state index contributed by atoms with van der Waals surface area (Å²) in [5.74, 6) is 0.959. The molecule has 0 bridgehead atoms. The number of ether oxygens (including phenoxy) is 1. The van der Waals surface area contributed by atoms with Gasteiger partial charge in [0.2, 0.25) is 0 Å². The van der Waals surface area contributed by atoms with Gasteiger partial charge in [-0.1, -0.05) is 36.3 Å². The monoisotopic (exact) mass is 262 g/mol. The fourth-order valence-electron chi connectivity index (χ4n) is 2.55. The topological polar surface area (TPSA) is 67.8 Å². The second-order valence-corrected chi connectivity index (χ2v) is 5.34. The average Bonchev–Trinajstić information content (AvgIpc) is 2.46. The summed E-state index contributed by atoms with van der Waals surface area (Å²) in [7, 11) is 0. The molecule has 0 aliphatic heterocycles. The zero-order chi connectivity index (χ0) is 13.7. The molecule has 0 unspecified atom stereocenters. The van der Waals surface area contributed by atoms with Crippen LogP contribution >= 0.6 is 0 Å². The zero-order valence-electron chi connectivity index (χ0n) is 11.4. The molecule has 4 nitrogen and oxygen atoms in total. The Kier molecular flexibility index (Phi) is 4.80. The lowest BCUT2D eigenvalue weighted by atomic mass is 9.89. The second-order valence-electron chi connectivity index (χ2n) is 5.34. The fraction of sp³-hybridized carbons (Fsp3) is 0.533. The van der Waals surface area contributed by atoms with Crippen LogP contribution in [0.2, 0.25) is 0 Å². The molecule has 0 radical (unpaired) electrons. The lowest BCUT2D eigenvalue weighted by Gasteiger charge is -2.26. The molecule has 0 amide bonds. The molecule has 1 aliphatic rings. The van der Waals surface area contributed by atoms with Gasteiger partial charge in [-0.15, -0.1) is 0 Å². The SMILES string of the molecule is CC1CCC(OCc2ccccc2/C(N)=N/O)CC1. The highest BCUT2D eigenvalue weighted by atomic mass is 16.5. The summed E-state index contributed by atoms with van der Waals surface area (Å²) in [5.41, 5.74) is 7.38. The number of nitrogens with two attached hydrogens (primary N) is 1. The standard InChI is InChI=1S/C15H22N2O2/c1-11-6-8-13(9-7-11)19-10-12-4-2-3-5-14(12)15(16)17-18/h2-5,11,13,18H,6-10H2,1H3,(H2,16,17). The molecule has 1 aliphatic carbocycles. The largest absolute Gasteiger partial charge is 0.409 e. The van der Waals surface area contributed by atoms with Crippen molar-refractivity contribution in [3.63, 3.8) is 0 Å². The molecule has 19 heavy (non-hydrogen) atoms. The highest BCUT2D eigenvalue weighted by Crippen LogP contribution is 2.26. The van der Waals surface area contributed by atoms with Gasteiger partial charge in [0, 0.05) is 5.56 Å². The third kappa shape index (κ3) is 3.70. The Morgan fingerprint density at radius 3 is 2.68 bits per heavy atom. The van der Waals surface area contributed by atoms with Gasteiger partial charge < -0.3 is 15.7 Å². The van der Waals surface area contributed by atoms with Crippen molar-refractivity contribution in [1.29, 1.82) is 0 Å². The van der Waals surface area contributed by atoms with E-state index in [-0.39, 0.29) is 5.84 Å². The van der Waals surface area contributed by atoms with Gasteiger partial charge in [0.05, 0.1) is 12.7 Å². The smallest absolute Gasteiger partial charge is 0.170 e. The molecule has 1 saturated carbocycles. The quantitative estimate of drug-likeness (QED) is 0.379. The summed E-state index contributed by atoms with van der Waals surface area (Å²) < 4.78 is 5.96. The molecule has 0 heterocycles. The fourth-order valence-corrected chi connectivity index (χ4v) is 2.55. The van der Waals surface area contributed by atoms with E-state index in [0.29, 0.717) is 12.7 Å². The zero-order valence-corrected chi connectivity index (χ0v) is 11.4. The van der Waals surface area contributed by atoms with Gasteiger partial charge in [-0.3, -0.25) is 0 Å². The molecule has 1 aromatic carbocycles. The van der Waals surface area contributed by atoms with Gasteiger partial charge in [-0.05, 0) is 37.2 Å². The van der Waals surface area contributed by atoms with Crippen molar-refractivity contribution in [2.45, 2.75) is 45.3 Å². The Morgan fingerprint density at radius 1 is 1.32 bits per heavy atom. The van der Waals surface area contributed by atoms with Crippen LogP contribution in [0.4, 0.5) is 0 Å². The van der Waals surface area contributed by atoms with Crippen molar-refractivity contribution in [2.75, 3.05) is 0 Å². The molecule has 2 rings (SSSR count). The number of nitrogens with zero attached hydrogens (tertiary/aromatic N) is 1. The van der Waals surface area contributed by atoms with Crippen LogP contribution in [0.1, 0.15) is 43.7 Å². The van der Waals surface area contributed by atoms with E-state index < -0.39 is 0 Å². The van der Waals surface area contributed by atoms with Crippen LogP contribution in [-0.2, 0) is 11.3 Å². The van der Waals surface area contributed by atoms with Crippen LogP contribution in [0.25, 0.3) is 0 Å². The first-order valence-corrected chi connectivity index (χ1v) is 6.88. The Bertz CT molecular complexity index is 438. The molecule has 0 saturated heterocycles. The molecule has 0 aromatic heterocycles. The Hall–Kier alpha value is -1.55. The first kappa shape index (κ1) is 13.9. The highest BCUT2D eigenvalue weighted by Gasteiger charge is 2.19. The van der Waals surface area contributed by atoms with Crippen LogP contribution in [0.5, 0.6) is 0 Å². The summed E-state index contributed by atoms with van der Waals surface area (Å²) in [5, 5.41) is 11.8. The maximum atomic E-state index is 8.78. The van der Waals surface area contributed by atoms with E-state index in [0.717, 1.165) is 29.9 Å². The van der Waals surface area contributed by atoms with Gasteiger partial charge in [0.1, 0.15) is 0 Å². The van der Waals surface area contributed by atoms with Gasteiger partial charge in [0.15, 0.2) is 5.84 Å². The maximum absolute atomic E-state index is 8.78. The number of hydrogen-bond acceptors (Lipinski definition) is 3. The van der Waals surface area contributed by atoms with Crippen LogP contribution in [0.3, 0.4) is 0 Å². The average molecular weight is 262 g/mol. The van der Waals surface area contributed by atoms with Crippen molar-refractivity contribution < 1.29 is 9.94 Å². The molecule has 1 fully saturated rings. The summed E-state index contributed by atoms with van der Waals surface area (Å²) in [6.45, 7) is 2.81. The van der Waals surface area contributed by atoms with E-state index in [1.165, 1.54) is 12.8 Å². The van der Waals surface area contributed by atoms with Gasteiger partial charge in [-0.2, -0.15) is 0 Å². The second kappa shape index (κ2) is 6.57. The van der Waals surface area contributed by atoms with Crippen LogP contribution in [0.15, 0.2) is 29.4 Å². The number of benzene rings is 1. The van der Waals surface area contributed by atoms with Crippen LogP contribution in [0, 0.1) is 5.92 Å². The number of hydrogen-bond donors (Lipinski definition) is 2. The summed E-state index contributed by atoms with van der Waals surface area (Å²) in [4.78, 5) is 0. The van der Waals surface area contributed by atoms with E-state index in [9.17, 15) is 0 Å². The van der Waals surface area contributed by atoms with Crippen LogP contribution in [-0.4, -0.2) is 17.1 Å². The lowest BCUT2D eigenvalue weighted by molar-refractivity contribution is 0.00871. The minimum absolute atomic E-state index is 0.136. The predicted octanol–water partition coefficient (Wildman–Crippen LogP) is 2.88. The Morgan fingerprint density at radius 2 is 2.00 bits per heavy atom. The summed E-state index contributed by atoms with van der Waals surface area (Å²) in [6, 6.07) is 7.62. The van der Waals surface area contributed by atoms with Crippen molar-refractivity contribution >= 4 is 5.84 Å². The Balaban J connectivity index is 1.96. The molecule has 3 N–H and O–H groups in total. The predicted molar refractivity (Wildman–Crippen MR) is 75.2 cm³/mol. The van der Waals surface area contributed by atoms with Gasteiger partial charge in [0.25, 0.3) is 0 Å². The molecule has 4 heteroatoms. The van der Waals surface area contributed by atoms with E-state index >= 15 is 0 Å². The normalized spacial score (nSPS) is 24.4. The van der Waals surface area contributed by atoms with Crippen molar-refractivity contribution in [3.8, 4) is 0 Å². The molecule has 0 spiro atoms. The number of rotatable bonds is 4. The van der Waals surface area contributed by atoms with Crippen LogP contribution < -0.4 is 5.73 Å². The number of amidine groups is 1. The van der Waals surface area contributed by atoms with E-state index in [2.05, 4.69) is 12.1 Å². The molecular formula is C15H22N2O2. The third-order valence-electron chi connectivity index (χ3n) is 3.84. The minimum Gasteiger partial charge on any atom is -0.409 e. The van der Waals surface area contributed by atoms with Gasteiger partial charge in [-0.25, -0.2) is 0 Å². The van der Waals surface area contributed by atoms with E-state index in [4.69, 9.17) is 15.7 Å². The molecule has 0 atom stereocenters. The first-order chi connectivity index (χ1) is 9.20. The number of oxime groups is 1.